The number of fused-ring (bicyclic) bond motifs is 2. The van der Waals surface area contributed by atoms with Crippen molar-refractivity contribution in [3.63, 3.8) is 0 Å². The molecule has 1 fully saturated rings. The highest BCUT2D eigenvalue weighted by Crippen LogP contribution is 2.47. The van der Waals surface area contributed by atoms with Gasteiger partial charge in [0.1, 0.15) is 29.7 Å². The van der Waals surface area contributed by atoms with E-state index in [0.29, 0.717) is 18.9 Å². The zero-order valence-corrected chi connectivity index (χ0v) is 22.7. The van der Waals surface area contributed by atoms with Crippen LogP contribution in [-0.4, -0.2) is 59.8 Å². The van der Waals surface area contributed by atoms with Gasteiger partial charge in [-0.3, -0.25) is 9.80 Å². The second-order valence-corrected chi connectivity index (χ2v) is 12.1. The Bertz CT molecular complexity index is 1100. The smallest absolute Gasteiger partial charge is 0.135 e. The molecule has 1 saturated heterocycles. The van der Waals surface area contributed by atoms with Crippen LogP contribution in [0.4, 0.5) is 13.2 Å². The van der Waals surface area contributed by atoms with Crippen molar-refractivity contribution in [2.24, 2.45) is 5.92 Å². The summed E-state index contributed by atoms with van der Waals surface area (Å²) >= 11 is 0. The highest BCUT2D eigenvalue weighted by molar-refractivity contribution is 5.53. The average Bonchev–Trinajstić information content (AvgIpc) is 3.41. The van der Waals surface area contributed by atoms with Crippen molar-refractivity contribution in [2.75, 3.05) is 26.2 Å². The molecular formula is C30H40F3N3O. The first-order valence-electron chi connectivity index (χ1n) is 13.7. The number of ether oxygens (including phenoxy) is 1. The fraction of sp³-hybridized carbons (Fsp3) is 0.600. The number of likely N-dealkylation sites (tertiary alicyclic amines) is 1. The average molecular weight is 516 g/mol. The molecule has 7 heteroatoms. The summed E-state index contributed by atoms with van der Waals surface area (Å²) in [4.78, 5) is 4.27. The van der Waals surface area contributed by atoms with E-state index < -0.39 is 23.3 Å². The lowest BCUT2D eigenvalue weighted by atomic mass is 9.84. The van der Waals surface area contributed by atoms with Crippen LogP contribution >= 0.6 is 0 Å². The maximum Gasteiger partial charge on any atom is 0.135 e. The van der Waals surface area contributed by atoms with E-state index in [9.17, 15) is 4.39 Å². The minimum absolute atomic E-state index is 0.0447. The van der Waals surface area contributed by atoms with Gasteiger partial charge in [-0.05, 0) is 70.6 Å². The van der Waals surface area contributed by atoms with Crippen molar-refractivity contribution in [1.82, 2.24) is 15.1 Å². The van der Waals surface area contributed by atoms with E-state index in [0.717, 1.165) is 37.2 Å². The molecule has 1 unspecified atom stereocenters. The number of halogens is 3. The van der Waals surface area contributed by atoms with Crippen molar-refractivity contribution in [3.8, 4) is 5.75 Å². The maximum atomic E-state index is 15.8. The highest BCUT2D eigenvalue weighted by atomic mass is 19.1. The highest BCUT2D eigenvalue weighted by Gasteiger charge is 2.45. The molecule has 4 aliphatic rings. The van der Waals surface area contributed by atoms with Gasteiger partial charge in [0, 0.05) is 48.6 Å². The van der Waals surface area contributed by atoms with Crippen LogP contribution in [0.3, 0.4) is 0 Å². The summed E-state index contributed by atoms with van der Waals surface area (Å²) < 4.78 is 52.4. The molecule has 5 atom stereocenters. The van der Waals surface area contributed by atoms with Gasteiger partial charge in [-0.15, -0.1) is 0 Å². The van der Waals surface area contributed by atoms with E-state index in [2.05, 4.69) is 36.2 Å². The second-order valence-electron chi connectivity index (χ2n) is 12.1. The lowest BCUT2D eigenvalue weighted by Gasteiger charge is -2.43. The SMILES string of the molecule is C[C@@H]1CCN([C@@H](C)COc2cc(F)c([C@@H]3C4=C(C[C@@H](C)N3CC(C)(C)F)C3=CC=CCC3N4)c(F)c2)C1. The molecule has 1 aromatic carbocycles. The van der Waals surface area contributed by atoms with Crippen molar-refractivity contribution < 1.29 is 17.9 Å². The van der Waals surface area contributed by atoms with E-state index >= 15 is 8.78 Å². The Kier molecular flexibility index (Phi) is 7.22. The zero-order chi connectivity index (χ0) is 26.5. The molecular weight excluding hydrogens is 475 g/mol. The summed E-state index contributed by atoms with van der Waals surface area (Å²) in [5.41, 5.74) is 1.52. The van der Waals surface area contributed by atoms with Gasteiger partial charge in [-0.25, -0.2) is 13.2 Å². The van der Waals surface area contributed by atoms with Crippen LogP contribution in [-0.2, 0) is 0 Å². The van der Waals surface area contributed by atoms with Gasteiger partial charge in [0.25, 0.3) is 0 Å². The quantitative estimate of drug-likeness (QED) is 0.477. The Morgan fingerprint density at radius 3 is 2.57 bits per heavy atom. The molecule has 0 spiro atoms. The van der Waals surface area contributed by atoms with Gasteiger partial charge in [0.05, 0.1) is 12.1 Å². The number of allylic oxidation sites excluding steroid dienone is 2. The number of nitrogens with zero attached hydrogens (tertiary/aromatic N) is 2. The van der Waals surface area contributed by atoms with Crippen LogP contribution in [0.1, 0.15) is 65.5 Å². The number of nitrogens with one attached hydrogen (secondary N) is 1. The molecule has 0 amide bonds. The summed E-state index contributed by atoms with van der Waals surface area (Å²) in [5.74, 6) is -0.471. The normalized spacial score (nSPS) is 29.1. The molecule has 4 nitrogen and oxygen atoms in total. The van der Waals surface area contributed by atoms with Gasteiger partial charge in [-0.1, -0.05) is 25.2 Å². The lowest BCUT2D eigenvalue weighted by molar-refractivity contribution is 0.0628. The first-order chi connectivity index (χ1) is 17.5. The fourth-order valence-corrected chi connectivity index (χ4v) is 6.40. The third kappa shape index (κ3) is 5.35. The molecule has 0 radical (unpaired) electrons. The molecule has 1 aromatic rings. The summed E-state index contributed by atoms with van der Waals surface area (Å²) in [6, 6.07) is 2.02. The Labute approximate surface area is 219 Å². The molecule has 3 heterocycles. The molecule has 3 aliphatic heterocycles. The summed E-state index contributed by atoms with van der Waals surface area (Å²) in [6.07, 6.45) is 8.92. The molecule has 0 aromatic heterocycles. The Morgan fingerprint density at radius 1 is 1.19 bits per heavy atom. The maximum absolute atomic E-state index is 15.8. The predicted molar refractivity (Wildman–Crippen MR) is 141 cm³/mol. The summed E-state index contributed by atoms with van der Waals surface area (Å²) in [7, 11) is 0. The van der Waals surface area contributed by atoms with Gasteiger partial charge >= 0.3 is 0 Å². The molecule has 202 valence electrons. The number of alkyl halides is 1. The number of hydrogen-bond acceptors (Lipinski definition) is 4. The molecule has 1 N–H and O–H groups in total. The van der Waals surface area contributed by atoms with Crippen molar-refractivity contribution in [3.05, 3.63) is 64.4 Å². The first-order valence-corrected chi connectivity index (χ1v) is 13.7. The van der Waals surface area contributed by atoms with E-state index in [1.807, 2.05) is 17.9 Å². The Balaban J connectivity index is 1.46. The van der Waals surface area contributed by atoms with Crippen LogP contribution in [0.25, 0.3) is 0 Å². The summed E-state index contributed by atoms with van der Waals surface area (Å²) in [5, 5.41) is 3.55. The first kappa shape index (κ1) is 26.4. The Morgan fingerprint density at radius 2 is 1.92 bits per heavy atom. The third-order valence-corrected chi connectivity index (χ3v) is 8.29. The number of rotatable bonds is 7. The Hall–Kier alpha value is -2.25. The van der Waals surface area contributed by atoms with Gasteiger partial charge in [0.15, 0.2) is 0 Å². The lowest BCUT2D eigenvalue weighted by Crippen LogP contribution is -2.48. The van der Waals surface area contributed by atoms with E-state index in [1.165, 1.54) is 31.6 Å². The van der Waals surface area contributed by atoms with E-state index in [4.69, 9.17) is 4.74 Å². The van der Waals surface area contributed by atoms with Gasteiger partial charge in [-0.2, -0.15) is 0 Å². The minimum Gasteiger partial charge on any atom is -0.492 e. The summed E-state index contributed by atoms with van der Waals surface area (Å²) in [6.45, 7) is 11.8. The monoisotopic (exact) mass is 515 g/mol. The molecule has 5 rings (SSSR count). The standard InChI is InChI=1S/C30H40F3N3O/c1-18-10-11-35(15-18)20(3)16-37-21-13-24(31)27(25(32)14-21)29-28-23(22-8-6-7-9-26(22)34-28)12-19(2)36(29)17-30(4,5)33/h6-8,13-14,18-20,26,29,34H,9-12,15-17H2,1-5H3/t18-,19-,20+,26?,29-/m1/s1. The third-order valence-electron chi connectivity index (χ3n) is 8.29. The minimum atomic E-state index is -1.52. The number of benzene rings is 1. The molecule has 0 bridgehead atoms. The molecule has 0 saturated carbocycles. The van der Waals surface area contributed by atoms with E-state index in [-0.39, 0.29) is 36.0 Å². The predicted octanol–water partition coefficient (Wildman–Crippen LogP) is 6.07. The van der Waals surface area contributed by atoms with E-state index in [1.54, 1.807) is 0 Å². The van der Waals surface area contributed by atoms with Crippen LogP contribution in [0.2, 0.25) is 0 Å². The van der Waals surface area contributed by atoms with Crippen LogP contribution < -0.4 is 10.1 Å². The molecule has 37 heavy (non-hydrogen) atoms. The van der Waals surface area contributed by atoms with Crippen LogP contribution in [0.5, 0.6) is 5.75 Å². The van der Waals surface area contributed by atoms with Crippen LogP contribution in [0.15, 0.2) is 47.2 Å². The fourth-order valence-electron chi connectivity index (χ4n) is 6.40. The number of hydrogen-bond donors (Lipinski definition) is 1. The molecule has 1 aliphatic carbocycles. The van der Waals surface area contributed by atoms with Crippen molar-refractivity contribution >= 4 is 0 Å². The van der Waals surface area contributed by atoms with Crippen molar-refractivity contribution in [1.29, 1.82) is 0 Å². The second kappa shape index (κ2) is 10.1. The topological polar surface area (TPSA) is 27.7 Å². The van der Waals surface area contributed by atoms with Crippen LogP contribution in [0, 0.1) is 17.6 Å². The largest absolute Gasteiger partial charge is 0.492 e. The van der Waals surface area contributed by atoms with Gasteiger partial charge in [0.2, 0.25) is 0 Å². The zero-order valence-electron chi connectivity index (χ0n) is 22.7. The van der Waals surface area contributed by atoms with Gasteiger partial charge < -0.3 is 10.1 Å². The van der Waals surface area contributed by atoms with Crippen molar-refractivity contribution in [2.45, 2.75) is 83.7 Å².